The largest absolute Gasteiger partial charge is 0.414 e. The maximum atomic E-state index is 12.4. The van der Waals surface area contributed by atoms with Crippen molar-refractivity contribution in [3.8, 4) is 0 Å². The molecule has 0 aromatic rings. The van der Waals surface area contributed by atoms with Crippen LogP contribution in [0, 0.1) is 5.92 Å². The first-order valence-corrected chi connectivity index (χ1v) is 5.14. The average molecular weight is 241 g/mol. The molecule has 0 aromatic heterocycles. The summed E-state index contributed by atoms with van der Waals surface area (Å²) in [6, 6.07) is 0. The Bertz CT molecular complexity index is 280. The van der Waals surface area contributed by atoms with E-state index in [2.05, 4.69) is 5.32 Å². The van der Waals surface area contributed by atoms with Crippen molar-refractivity contribution < 1.29 is 28.5 Å². The average Bonchev–Trinajstić information content (AvgIpc) is 2.92. The van der Waals surface area contributed by atoms with E-state index in [1.807, 2.05) is 0 Å². The molecule has 0 amide bonds. The van der Waals surface area contributed by atoms with Gasteiger partial charge in [-0.05, 0) is 12.8 Å². The smallest absolute Gasteiger partial charge is 0.390 e. The van der Waals surface area contributed by atoms with Crippen LogP contribution in [0.2, 0.25) is 0 Å². The minimum atomic E-state index is -4.78. The molecule has 16 heavy (non-hydrogen) atoms. The van der Waals surface area contributed by atoms with E-state index >= 15 is 0 Å². The van der Waals surface area contributed by atoms with E-state index in [1.54, 1.807) is 0 Å². The summed E-state index contributed by atoms with van der Waals surface area (Å²) < 4.78 is 37.3. The summed E-state index contributed by atoms with van der Waals surface area (Å²) in [6.07, 6.45) is -9.23. The predicted molar refractivity (Wildman–Crippen MR) is 47.5 cm³/mol. The van der Waals surface area contributed by atoms with E-state index in [0.717, 1.165) is 0 Å². The summed E-state index contributed by atoms with van der Waals surface area (Å²) in [7, 11) is 0. The number of aliphatic hydroxyl groups is 3. The topological polar surface area (TPSA) is 72.7 Å². The van der Waals surface area contributed by atoms with E-state index in [-0.39, 0.29) is 6.54 Å². The van der Waals surface area contributed by atoms with Crippen LogP contribution in [0.15, 0.2) is 0 Å². The summed E-state index contributed by atoms with van der Waals surface area (Å²) in [4.78, 5) is 0. The molecule has 1 saturated carbocycles. The first-order valence-electron chi connectivity index (χ1n) is 5.14. The lowest BCUT2D eigenvalue weighted by Crippen LogP contribution is -2.63. The number of hydrogen-bond donors (Lipinski definition) is 4. The molecule has 1 unspecified atom stereocenters. The van der Waals surface area contributed by atoms with Crippen LogP contribution in [0.1, 0.15) is 12.8 Å². The van der Waals surface area contributed by atoms with Crippen LogP contribution in [-0.4, -0.2) is 51.9 Å². The Balaban J connectivity index is 2.21. The van der Waals surface area contributed by atoms with Gasteiger partial charge in [0.25, 0.3) is 0 Å². The summed E-state index contributed by atoms with van der Waals surface area (Å²) >= 11 is 0. The third kappa shape index (κ3) is 1.81. The zero-order valence-corrected chi connectivity index (χ0v) is 8.41. The molecule has 94 valence electrons. The Morgan fingerprint density at radius 2 is 1.81 bits per heavy atom. The number of β-amino-alcohol motifs (C(OH)–C–C–N with tert-alkyl or cyclic N) is 1. The van der Waals surface area contributed by atoms with Crippen molar-refractivity contribution in [2.45, 2.75) is 42.9 Å². The van der Waals surface area contributed by atoms with Crippen LogP contribution in [0.5, 0.6) is 0 Å². The van der Waals surface area contributed by atoms with Crippen molar-refractivity contribution in [1.29, 1.82) is 0 Å². The SMILES string of the molecule is OC([C@@H]1[C@@H](O)[C@H](O)CNC12CC2)C(F)(F)F. The summed E-state index contributed by atoms with van der Waals surface area (Å²) in [5.41, 5.74) is -0.854. The molecule has 4 N–H and O–H groups in total. The normalized spacial score (nSPS) is 39.8. The van der Waals surface area contributed by atoms with Gasteiger partial charge in [0.15, 0.2) is 6.10 Å². The van der Waals surface area contributed by atoms with Gasteiger partial charge in [0, 0.05) is 18.0 Å². The lowest BCUT2D eigenvalue weighted by atomic mass is 9.80. The maximum Gasteiger partial charge on any atom is 0.414 e. The first kappa shape index (κ1) is 12.1. The standard InChI is InChI=1S/C9H14F3NO3/c10-9(11,12)7(16)5-6(15)4(14)3-13-8(5)1-2-8/h4-7,13-16H,1-3H2/t4-,5+,6+,7?/m1/s1. The molecule has 4 nitrogen and oxygen atoms in total. The second kappa shape index (κ2) is 3.56. The van der Waals surface area contributed by atoms with Crippen LogP contribution >= 0.6 is 0 Å². The molecule has 0 aromatic carbocycles. The van der Waals surface area contributed by atoms with E-state index in [4.69, 9.17) is 0 Å². The fourth-order valence-corrected chi connectivity index (χ4v) is 2.45. The molecule has 1 heterocycles. The summed E-state index contributed by atoms with van der Waals surface area (Å²) in [6.45, 7) is 0.0578. The highest BCUT2D eigenvalue weighted by molar-refractivity contribution is 5.15. The molecule has 2 rings (SSSR count). The molecule has 7 heteroatoms. The fourth-order valence-electron chi connectivity index (χ4n) is 2.45. The highest BCUT2D eigenvalue weighted by Crippen LogP contribution is 2.50. The number of rotatable bonds is 1. The number of alkyl halides is 3. The molecule has 2 fully saturated rings. The van der Waals surface area contributed by atoms with Gasteiger partial charge in [0.1, 0.15) is 0 Å². The van der Waals surface area contributed by atoms with Crippen LogP contribution in [-0.2, 0) is 0 Å². The number of halogens is 3. The highest BCUT2D eigenvalue weighted by Gasteiger charge is 2.63. The van der Waals surface area contributed by atoms with Crippen molar-refractivity contribution in [2.75, 3.05) is 6.54 Å². The van der Waals surface area contributed by atoms with Crippen LogP contribution in [0.25, 0.3) is 0 Å². The van der Waals surface area contributed by atoms with Crippen LogP contribution in [0.3, 0.4) is 0 Å². The Morgan fingerprint density at radius 1 is 1.25 bits per heavy atom. The quantitative estimate of drug-likeness (QED) is 0.494. The summed E-state index contributed by atoms with van der Waals surface area (Å²) in [5, 5.41) is 30.9. The Kier molecular flexibility index (Phi) is 2.69. The summed E-state index contributed by atoms with van der Waals surface area (Å²) in [5.74, 6) is -1.39. The minimum absolute atomic E-state index is 0.0578. The van der Waals surface area contributed by atoms with Crippen LogP contribution < -0.4 is 5.32 Å². The fraction of sp³-hybridized carbons (Fsp3) is 1.00. The molecular formula is C9H14F3NO3. The van der Waals surface area contributed by atoms with Gasteiger partial charge in [-0.1, -0.05) is 0 Å². The van der Waals surface area contributed by atoms with Crippen LogP contribution in [0.4, 0.5) is 13.2 Å². The minimum Gasteiger partial charge on any atom is -0.390 e. The lowest BCUT2D eigenvalue weighted by molar-refractivity contribution is -0.243. The molecule has 1 aliphatic heterocycles. The van der Waals surface area contributed by atoms with Gasteiger partial charge in [-0.2, -0.15) is 13.2 Å². The third-order valence-electron chi connectivity index (χ3n) is 3.53. The van der Waals surface area contributed by atoms with E-state index in [1.165, 1.54) is 0 Å². The molecule has 4 atom stereocenters. The van der Waals surface area contributed by atoms with Crippen molar-refractivity contribution in [3.63, 3.8) is 0 Å². The van der Waals surface area contributed by atoms with Gasteiger partial charge in [-0.15, -0.1) is 0 Å². The molecular weight excluding hydrogens is 227 g/mol. The maximum absolute atomic E-state index is 12.4. The van der Waals surface area contributed by atoms with E-state index in [9.17, 15) is 28.5 Å². The third-order valence-corrected chi connectivity index (χ3v) is 3.53. The Morgan fingerprint density at radius 3 is 2.25 bits per heavy atom. The van der Waals surface area contributed by atoms with E-state index < -0.39 is 35.9 Å². The van der Waals surface area contributed by atoms with Gasteiger partial charge in [0.05, 0.1) is 12.2 Å². The molecule has 1 aliphatic carbocycles. The van der Waals surface area contributed by atoms with Gasteiger partial charge in [-0.25, -0.2) is 0 Å². The highest BCUT2D eigenvalue weighted by atomic mass is 19.4. The second-order valence-corrected chi connectivity index (χ2v) is 4.61. The van der Waals surface area contributed by atoms with Crippen molar-refractivity contribution in [1.82, 2.24) is 5.32 Å². The number of piperidine rings is 1. The van der Waals surface area contributed by atoms with Crippen molar-refractivity contribution in [3.05, 3.63) is 0 Å². The second-order valence-electron chi connectivity index (χ2n) is 4.61. The number of nitrogens with one attached hydrogen (secondary N) is 1. The Labute approximate surface area is 90.1 Å². The molecule has 1 spiro atoms. The molecule has 2 aliphatic rings. The number of aliphatic hydroxyl groups excluding tert-OH is 3. The lowest BCUT2D eigenvalue weighted by Gasteiger charge is -2.42. The monoisotopic (exact) mass is 241 g/mol. The zero-order chi connectivity index (χ0) is 12.1. The molecule has 1 saturated heterocycles. The first-order chi connectivity index (χ1) is 7.28. The van der Waals surface area contributed by atoms with Crippen molar-refractivity contribution in [2.24, 2.45) is 5.92 Å². The molecule has 0 bridgehead atoms. The van der Waals surface area contributed by atoms with Gasteiger partial charge >= 0.3 is 6.18 Å². The zero-order valence-electron chi connectivity index (χ0n) is 8.41. The van der Waals surface area contributed by atoms with Gasteiger partial charge in [0.2, 0.25) is 0 Å². The van der Waals surface area contributed by atoms with Gasteiger partial charge < -0.3 is 20.6 Å². The number of hydrogen-bond acceptors (Lipinski definition) is 4. The van der Waals surface area contributed by atoms with E-state index in [0.29, 0.717) is 12.8 Å². The van der Waals surface area contributed by atoms with Crippen molar-refractivity contribution >= 4 is 0 Å². The molecule has 0 radical (unpaired) electrons. The predicted octanol–water partition coefficient (Wildman–Crippen LogP) is -0.617. The van der Waals surface area contributed by atoms with Gasteiger partial charge in [-0.3, -0.25) is 0 Å². The Hall–Kier alpha value is -0.370.